The molecule has 106 valence electrons. The molecule has 0 amide bonds. The second-order valence-corrected chi connectivity index (χ2v) is 5.65. The van der Waals surface area contributed by atoms with Crippen molar-refractivity contribution in [1.82, 2.24) is 14.5 Å². The van der Waals surface area contributed by atoms with Crippen LogP contribution in [0.5, 0.6) is 0 Å². The fraction of sp³-hybridized carbons (Fsp3) is 0.250. The molecule has 1 atom stereocenters. The Morgan fingerprint density at radius 3 is 3.05 bits per heavy atom. The maximum Gasteiger partial charge on any atom is 0.158 e. The Morgan fingerprint density at radius 1 is 1.24 bits per heavy atom. The molecule has 1 fully saturated rings. The Bertz CT molecular complexity index is 793. The zero-order chi connectivity index (χ0) is 14.2. The van der Waals surface area contributed by atoms with Crippen molar-refractivity contribution in [3.63, 3.8) is 0 Å². The SMILES string of the molecule is Clc1ccc2nc(-c3nccn3C3CCOC3)ccc2c1. The van der Waals surface area contributed by atoms with Crippen molar-refractivity contribution >= 4 is 22.5 Å². The van der Waals surface area contributed by atoms with Crippen molar-refractivity contribution in [3.8, 4) is 11.5 Å². The van der Waals surface area contributed by atoms with Crippen LogP contribution in [0.25, 0.3) is 22.4 Å². The Morgan fingerprint density at radius 2 is 2.19 bits per heavy atom. The number of ether oxygens (including phenoxy) is 1. The quantitative estimate of drug-likeness (QED) is 0.724. The summed E-state index contributed by atoms with van der Waals surface area (Å²) in [6.45, 7) is 1.55. The molecular weight excluding hydrogens is 286 g/mol. The van der Waals surface area contributed by atoms with Crippen LogP contribution >= 0.6 is 11.6 Å². The van der Waals surface area contributed by atoms with Crippen molar-refractivity contribution in [2.24, 2.45) is 0 Å². The van der Waals surface area contributed by atoms with E-state index in [1.54, 1.807) is 0 Å². The molecule has 0 N–H and O–H groups in total. The molecule has 1 aliphatic heterocycles. The van der Waals surface area contributed by atoms with Crippen molar-refractivity contribution in [2.75, 3.05) is 13.2 Å². The summed E-state index contributed by atoms with van der Waals surface area (Å²) in [6.07, 6.45) is 4.84. The molecule has 4 rings (SSSR count). The number of fused-ring (bicyclic) bond motifs is 1. The predicted octanol–water partition coefficient (Wildman–Crippen LogP) is 3.71. The van der Waals surface area contributed by atoms with E-state index in [2.05, 4.69) is 9.55 Å². The molecule has 1 saturated heterocycles. The van der Waals surface area contributed by atoms with E-state index in [1.165, 1.54) is 0 Å². The number of halogens is 1. The number of pyridine rings is 1. The molecule has 1 unspecified atom stereocenters. The maximum absolute atomic E-state index is 6.01. The smallest absolute Gasteiger partial charge is 0.158 e. The van der Waals surface area contributed by atoms with Gasteiger partial charge in [0.1, 0.15) is 5.69 Å². The van der Waals surface area contributed by atoms with Crippen LogP contribution in [0.1, 0.15) is 12.5 Å². The molecule has 2 aromatic heterocycles. The Hall–Kier alpha value is -1.91. The fourth-order valence-corrected chi connectivity index (χ4v) is 2.95. The van der Waals surface area contributed by atoms with Gasteiger partial charge in [-0.25, -0.2) is 9.97 Å². The Labute approximate surface area is 127 Å². The molecule has 3 heterocycles. The molecule has 1 aromatic carbocycles. The van der Waals surface area contributed by atoms with Crippen molar-refractivity contribution < 1.29 is 4.74 Å². The fourth-order valence-electron chi connectivity index (χ4n) is 2.77. The van der Waals surface area contributed by atoms with E-state index in [0.717, 1.165) is 47.1 Å². The highest BCUT2D eigenvalue weighted by atomic mass is 35.5. The van der Waals surface area contributed by atoms with Gasteiger partial charge in [0.05, 0.1) is 18.2 Å². The van der Waals surface area contributed by atoms with Gasteiger partial charge in [0.15, 0.2) is 5.82 Å². The molecule has 4 nitrogen and oxygen atoms in total. The summed E-state index contributed by atoms with van der Waals surface area (Å²) in [5.41, 5.74) is 1.80. The summed E-state index contributed by atoms with van der Waals surface area (Å²) in [7, 11) is 0. The zero-order valence-electron chi connectivity index (χ0n) is 11.4. The van der Waals surface area contributed by atoms with Gasteiger partial charge < -0.3 is 9.30 Å². The van der Waals surface area contributed by atoms with E-state index in [-0.39, 0.29) is 0 Å². The summed E-state index contributed by atoms with van der Waals surface area (Å²) in [6, 6.07) is 10.1. The van der Waals surface area contributed by atoms with Crippen LogP contribution in [-0.2, 0) is 4.74 Å². The number of benzene rings is 1. The highest BCUT2D eigenvalue weighted by Crippen LogP contribution is 2.27. The van der Waals surface area contributed by atoms with Crippen molar-refractivity contribution in [1.29, 1.82) is 0 Å². The summed E-state index contributed by atoms with van der Waals surface area (Å²) in [5.74, 6) is 0.891. The third kappa shape index (κ3) is 2.30. The first-order chi connectivity index (χ1) is 10.3. The van der Waals surface area contributed by atoms with E-state index in [9.17, 15) is 0 Å². The normalized spacial score (nSPS) is 18.4. The standard InChI is InChI=1S/C16H14ClN3O/c17-12-2-4-14-11(9-12)1-3-15(19-14)16-18-6-7-20(16)13-5-8-21-10-13/h1-4,6-7,9,13H,5,8,10H2. The van der Waals surface area contributed by atoms with E-state index in [0.29, 0.717) is 6.04 Å². The minimum absolute atomic E-state index is 0.352. The molecule has 0 bridgehead atoms. The molecule has 0 spiro atoms. The number of hydrogen-bond donors (Lipinski definition) is 0. The third-order valence-corrected chi connectivity index (χ3v) is 4.08. The van der Waals surface area contributed by atoms with Crippen LogP contribution in [0.3, 0.4) is 0 Å². The van der Waals surface area contributed by atoms with Crippen molar-refractivity contribution in [3.05, 3.63) is 47.7 Å². The van der Waals surface area contributed by atoms with Gasteiger partial charge in [-0.2, -0.15) is 0 Å². The summed E-state index contributed by atoms with van der Waals surface area (Å²) >= 11 is 6.01. The molecule has 0 saturated carbocycles. The molecule has 21 heavy (non-hydrogen) atoms. The lowest BCUT2D eigenvalue weighted by atomic mass is 10.2. The molecule has 5 heteroatoms. The second-order valence-electron chi connectivity index (χ2n) is 5.21. The average Bonchev–Trinajstić information content (AvgIpc) is 3.17. The number of imidazole rings is 1. The lowest BCUT2D eigenvalue weighted by Crippen LogP contribution is -2.09. The minimum Gasteiger partial charge on any atom is -0.379 e. The van der Waals surface area contributed by atoms with Crippen LogP contribution in [-0.4, -0.2) is 27.7 Å². The van der Waals surface area contributed by atoms with E-state index < -0.39 is 0 Å². The first-order valence-corrected chi connectivity index (χ1v) is 7.36. The Kier molecular flexibility index (Phi) is 3.13. The van der Waals surface area contributed by atoms with E-state index in [1.807, 2.05) is 42.7 Å². The molecular formula is C16H14ClN3O. The number of rotatable bonds is 2. The molecule has 0 aliphatic carbocycles. The van der Waals surface area contributed by atoms with Crippen molar-refractivity contribution in [2.45, 2.75) is 12.5 Å². The van der Waals surface area contributed by atoms with Crippen LogP contribution in [0, 0.1) is 0 Å². The van der Waals surface area contributed by atoms with Crippen LogP contribution in [0.2, 0.25) is 5.02 Å². The van der Waals surface area contributed by atoms with Gasteiger partial charge >= 0.3 is 0 Å². The highest BCUT2D eigenvalue weighted by molar-refractivity contribution is 6.31. The lowest BCUT2D eigenvalue weighted by Gasteiger charge is -2.13. The summed E-state index contributed by atoms with van der Waals surface area (Å²) in [5, 5.41) is 1.76. The van der Waals surface area contributed by atoms with E-state index in [4.69, 9.17) is 21.3 Å². The Balaban J connectivity index is 1.79. The number of aromatic nitrogens is 3. The predicted molar refractivity (Wildman–Crippen MR) is 82.4 cm³/mol. The van der Waals surface area contributed by atoms with Gasteiger partial charge in [-0.1, -0.05) is 17.7 Å². The number of nitrogens with zero attached hydrogens (tertiary/aromatic N) is 3. The summed E-state index contributed by atoms with van der Waals surface area (Å²) in [4.78, 5) is 9.18. The summed E-state index contributed by atoms with van der Waals surface area (Å²) < 4.78 is 7.64. The van der Waals surface area contributed by atoms with Gasteiger partial charge in [0.25, 0.3) is 0 Å². The lowest BCUT2D eigenvalue weighted by molar-refractivity contribution is 0.187. The molecule has 1 aliphatic rings. The first-order valence-electron chi connectivity index (χ1n) is 6.98. The van der Waals surface area contributed by atoms with Crippen LogP contribution in [0.4, 0.5) is 0 Å². The minimum atomic E-state index is 0.352. The van der Waals surface area contributed by atoms with E-state index >= 15 is 0 Å². The van der Waals surface area contributed by atoms with Gasteiger partial charge in [0.2, 0.25) is 0 Å². The largest absolute Gasteiger partial charge is 0.379 e. The third-order valence-electron chi connectivity index (χ3n) is 3.85. The molecule has 0 radical (unpaired) electrons. The first kappa shape index (κ1) is 12.8. The number of hydrogen-bond acceptors (Lipinski definition) is 3. The zero-order valence-corrected chi connectivity index (χ0v) is 12.1. The topological polar surface area (TPSA) is 39.9 Å². The van der Waals surface area contributed by atoms with Gasteiger partial charge in [-0.15, -0.1) is 0 Å². The highest BCUT2D eigenvalue weighted by Gasteiger charge is 2.21. The van der Waals surface area contributed by atoms with Gasteiger partial charge in [0, 0.05) is 29.4 Å². The average molecular weight is 300 g/mol. The van der Waals surface area contributed by atoms with Gasteiger partial charge in [-0.05, 0) is 30.7 Å². The van der Waals surface area contributed by atoms with Crippen LogP contribution in [0.15, 0.2) is 42.7 Å². The van der Waals surface area contributed by atoms with Crippen LogP contribution < -0.4 is 0 Å². The monoisotopic (exact) mass is 299 g/mol. The molecule has 3 aromatic rings. The second kappa shape index (κ2) is 5.13. The maximum atomic E-state index is 6.01. The van der Waals surface area contributed by atoms with Gasteiger partial charge in [-0.3, -0.25) is 0 Å².